The Kier molecular flexibility index (Phi) is 2.16. The fraction of sp³-hybridized carbons (Fsp3) is 1.00. The zero-order chi connectivity index (χ0) is 10.5. The van der Waals surface area contributed by atoms with Gasteiger partial charge in [0, 0.05) is 7.11 Å². The second-order valence-corrected chi connectivity index (χ2v) is 6.12. The maximum atomic E-state index is 6.29. The minimum Gasteiger partial charge on any atom is -0.382 e. The molecule has 86 valence electrons. The van der Waals surface area contributed by atoms with Crippen LogP contribution in [-0.4, -0.2) is 25.4 Å². The number of hydrogen-bond donors (Lipinski definition) is 0. The van der Waals surface area contributed by atoms with Crippen LogP contribution in [0.2, 0.25) is 0 Å². The number of fused-ring (bicyclic) bond motifs is 2. The highest BCUT2D eigenvalue weighted by atomic mass is 16.5. The molecule has 1 spiro atoms. The number of rotatable bonds is 2. The quantitative estimate of drug-likeness (QED) is 0.697. The van der Waals surface area contributed by atoms with E-state index in [2.05, 4.69) is 6.92 Å². The van der Waals surface area contributed by atoms with Gasteiger partial charge < -0.3 is 9.47 Å². The fourth-order valence-electron chi connectivity index (χ4n) is 4.15. The van der Waals surface area contributed by atoms with Crippen LogP contribution in [0.4, 0.5) is 0 Å². The molecule has 2 heteroatoms. The van der Waals surface area contributed by atoms with Crippen molar-refractivity contribution in [1.29, 1.82) is 0 Å². The molecule has 0 bridgehead atoms. The van der Waals surface area contributed by atoms with E-state index in [1.54, 1.807) is 7.11 Å². The van der Waals surface area contributed by atoms with Gasteiger partial charge in [-0.1, -0.05) is 6.42 Å². The zero-order valence-electron chi connectivity index (χ0n) is 9.92. The molecule has 0 aromatic heterocycles. The summed E-state index contributed by atoms with van der Waals surface area (Å²) in [7, 11) is 1.79. The molecule has 1 aliphatic heterocycles. The third-order valence-electron chi connectivity index (χ3n) is 4.74. The molecule has 3 atom stereocenters. The van der Waals surface area contributed by atoms with Gasteiger partial charge in [0.25, 0.3) is 0 Å². The molecular weight excluding hydrogens is 188 g/mol. The first-order valence-electron chi connectivity index (χ1n) is 6.34. The van der Waals surface area contributed by atoms with Crippen LogP contribution >= 0.6 is 0 Å². The van der Waals surface area contributed by atoms with E-state index in [-0.39, 0.29) is 5.60 Å². The van der Waals surface area contributed by atoms with Crippen LogP contribution < -0.4 is 0 Å². The molecule has 3 fully saturated rings. The van der Waals surface area contributed by atoms with Crippen LogP contribution in [0.25, 0.3) is 0 Å². The van der Waals surface area contributed by atoms with Crippen molar-refractivity contribution >= 4 is 0 Å². The van der Waals surface area contributed by atoms with Gasteiger partial charge in [0.05, 0.1) is 18.3 Å². The standard InChI is InChI=1S/C13H22O2/c1-12(9-14-2)8-13(6-7-13)10-4-3-5-11(10)15-12/h10-11H,3-9H2,1-2H3/t10?,11-,12+/m0/s1. The Morgan fingerprint density at radius 2 is 2.13 bits per heavy atom. The highest BCUT2D eigenvalue weighted by Crippen LogP contribution is 2.65. The smallest absolute Gasteiger partial charge is 0.0896 e. The molecule has 1 saturated heterocycles. The van der Waals surface area contributed by atoms with Gasteiger partial charge >= 0.3 is 0 Å². The zero-order valence-corrected chi connectivity index (χ0v) is 9.92. The van der Waals surface area contributed by atoms with E-state index >= 15 is 0 Å². The maximum Gasteiger partial charge on any atom is 0.0896 e. The van der Waals surface area contributed by atoms with Crippen molar-refractivity contribution in [2.24, 2.45) is 11.3 Å². The van der Waals surface area contributed by atoms with Crippen LogP contribution in [0.15, 0.2) is 0 Å². The third-order valence-corrected chi connectivity index (χ3v) is 4.74. The molecule has 3 rings (SSSR count). The molecule has 3 aliphatic rings. The molecule has 2 nitrogen and oxygen atoms in total. The van der Waals surface area contributed by atoms with Gasteiger partial charge in [0.1, 0.15) is 0 Å². The first-order chi connectivity index (χ1) is 7.18. The van der Waals surface area contributed by atoms with Gasteiger partial charge in [0.2, 0.25) is 0 Å². The van der Waals surface area contributed by atoms with Crippen molar-refractivity contribution in [1.82, 2.24) is 0 Å². The van der Waals surface area contributed by atoms with E-state index in [9.17, 15) is 0 Å². The van der Waals surface area contributed by atoms with Gasteiger partial charge in [-0.15, -0.1) is 0 Å². The number of hydrogen-bond acceptors (Lipinski definition) is 2. The van der Waals surface area contributed by atoms with Gasteiger partial charge in [-0.3, -0.25) is 0 Å². The average molecular weight is 210 g/mol. The van der Waals surface area contributed by atoms with Crippen molar-refractivity contribution in [2.75, 3.05) is 13.7 Å². The average Bonchev–Trinajstić information content (AvgIpc) is 2.75. The molecule has 1 heterocycles. The summed E-state index contributed by atoms with van der Waals surface area (Å²) >= 11 is 0. The molecule has 2 saturated carbocycles. The van der Waals surface area contributed by atoms with E-state index < -0.39 is 0 Å². The minimum atomic E-state index is -0.00322. The lowest BCUT2D eigenvalue weighted by molar-refractivity contribution is -0.183. The molecule has 15 heavy (non-hydrogen) atoms. The van der Waals surface area contributed by atoms with Gasteiger partial charge in [0.15, 0.2) is 0 Å². The molecule has 0 N–H and O–H groups in total. The Morgan fingerprint density at radius 3 is 2.80 bits per heavy atom. The van der Waals surface area contributed by atoms with Crippen LogP contribution in [-0.2, 0) is 9.47 Å². The topological polar surface area (TPSA) is 18.5 Å². The van der Waals surface area contributed by atoms with Crippen molar-refractivity contribution in [3.8, 4) is 0 Å². The lowest BCUT2D eigenvalue weighted by Crippen LogP contribution is -2.49. The van der Waals surface area contributed by atoms with Crippen LogP contribution in [0.1, 0.15) is 45.4 Å². The summed E-state index contributed by atoms with van der Waals surface area (Å²) in [6.07, 6.45) is 8.73. The summed E-state index contributed by atoms with van der Waals surface area (Å²) < 4.78 is 11.6. The molecule has 2 aliphatic carbocycles. The van der Waals surface area contributed by atoms with Gasteiger partial charge in [-0.25, -0.2) is 0 Å². The fourth-order valence-corrected chi connectivity index (χ4v) is 4.15. The Morgan fingerprint density at radius 1 is 1.33 bits per heavy atom. The first kappa shape index (κ1) is 10.1. The Hall–Kier alpha value is -0.0800. The highest BCUT2D eigenvalue weighted by molar-refractivity contribution is 5.09. The number of methoxy groups -OCH3 is 1. The Balaban J connectivity index is 1.81. The summed E-state index contributed by atoms with van der Waals surface area (Å²) in [6.45, 7) is 3.00. The van der Waals surface area contributed by atoms with Crippen molar-refractivity contribution in [2.45, 2.75) is 57.2 Å². The number of ether oxygens (including phenoxy) is 2. The molecule has 1 unspecified atom stereocenters. The third kappa shape index (κ3) is 1.53. The van der Waals surface area contributed by atoms with Gasteiger partial charge in [-0.05, 0) is 50.4 Å². The molecular formula is C13H22O2. The Bertz CT molecular complexity index is 259. The summed E-state index contributed by atoms with van der Waals surface area (Å²) in [5.74, 6) is 0.877. The van der Waals surface area contributed by atoms with Gasteiger partial charge in [-0.2, -0.15) is 0 Å². The first-order valence-corrected chi connectivity index (χ1v) is 6.34. The SMILES string of the molecule is COC[C@@]1(C)CC2(CC2)C2CCC[C@@H]2O1. The minimum absolute atomic E-state index is 0.00322. The molecule has 0 aromatic rings. The molecule has 0 aromatic carbocycles. The molecule has 0 radical (unpaired) electrons. The van der Waals surface area contributed by atoms with Crippen molar-refractivity contribution in [3.63, 3.8) is 0 Å². The maximum absolute atomic E-state index is 6.29. The van der Waals surface area contributed by atoms with E-state index in [0.717, 1.165) is 12.5 Å². The predicted molar refractivity (Wildman–Crippen MR) is 58.8 cm³/mol. The summed E-state index contributed by atoms with van der Waals surface area (Å²) in [6, 6.07) is 0. The Labute approximate surface area is 92.3 Å². The second-order valence-electron chi connectivity index (χ2n) is 6.12. The van der Waals surface area contributed by atoms with Crippen LogP contribution in [0, 0.1) is 11.3 Å². The van der Waals surface area contributed by atoms with Crippen LogP contribution in [0.5, 0.6) is 0 Å². The summed E-state index contributed by atoms with van der Waals surface area (Å²) in [5, 5.41) is 0. The van der Waals surface area contributed by atoms with Crippen LogP contribution in [0.3, 0.4) is 0 Å². The summed E-state index contributed by atoms with van der Waals surface area (Å²) in [4.78, 5) is 0. The predicted octanol–water partition coefficient (Wildman–Crippen LogP) is 2.76. The normalized spacial score (nSPS) is 46.8. The van der Waals surface area contributed by atoms with E-state index in [1.807, 2.05) is 0 Å². The monoisotopic (exact) mass is 210 g/mol. The van der Waals surface area contributed by atoms with E-state index in [1.165, 1.54) is 38.5 Å². The van der Waals surface area contributed by atoms with Crippen molar-refractivity contribution < 1.29 is 9.47 Å². The second kappa shape index (κ2) is 3.21. The highest BCUT2D eigenvalue weighted by Gasteiger charge is 2.60. The lowest BCUT2D eigenvalue weighted by atomic mass is 9.75. The van der Waals surface area contributed by atoms with E-state index in [0.29, 0.717) is 11.5 Å². The largest absolute Gasteiger partial charge is 0.382 e. The van der Waals surface area contributed by atoms with Crippen molar-refractivity contribution in [3.05, 3.63) is 0 Å². The summed E-state index contributed by atoms with van der Waals surface area (Å²) in [5.41, 5.74) is 0.656. The van der Waals surface area contributed by atoms with E-state index in [4.69, 9.17) is 9.47 Å². The lowest BCUT2D eigenvalue weighted by Gasteiger charge is -2.45. The molecule has 0 amide bonds.